The summed E-state index contributed by atoms with van der Waals surface area (Å²) in [7, 11) is 3.43. The van der Waals surface area contributed by atoms with Crippen molar-refractivity contribution < 1.29 is 14.6 Å². The molecule has 3 rings (SSSR count). The van der Waals surface area contributed by atoms with Crippen LogP contribution in [0.5, 0.6) is 11.5 Å². The van der Waals surface area contributed by atoms with Gasteiger partial charge in [-0.15, -0.1) is 0 Å². The molecule has 3 aromatic rings. The first kappa shape index (κ1) is 26.8. The van der Waals surface area contributed by atoms with Crippen molar-refractivity contribution in [2.24, 2.45) is 0 Å². The lowest BCUT2D eigenvalue weighted by atomic mass is 9.66. The van der Waals surface area contributed by atoms with Crippen molar-refractivity contribution in [3.05, 3.63) is 95.6 Å². The number of benzene rings is 3. The number of hydrogen-bond donors (Lipinski definition) is 1. The van der Waals surface area contributed by atoms with Gasteiger partial charge in [-0.3, -0.25) is 0 Å². The lowest BCUT2D eigenvalue weighted by Gasteiger charge is -2.36. The van der Waals surface area contributed by atoms with E-state index in [2.05, 4.69) is 78.9 Å². The summed E-state index contributed by atoms with van der Waals surface area (Å²) in [5.41, 5.74) is 3.64. The minimum atomic E-state index is -0.239. The van der Waals surface area contributed by atoms with Gasteiger partial charge in [0.1, 0.15) is 11.5 Å². The molecule has 0 aliphatic carbocycles. The second kappa shape index (κ2) is 13.9. The van der Waals surface area contributed by atoms with Crippen LogP contribution in [-0.2, 0) is 5.41 Å². The zero-order valence-electron chi connectivity index (χ0n) is 21.7. The number of unbranched alkanes of at least 4 members (excludes halogenated alkanes) is 6. The second-order valence-corrected chi connectivity index (χ2v) is 9.59. The van der Waals surface area contributed by atoms with Gasteiger partial charge in [-0.05, 0) is 60.7 Å². The van der Waals surface area contributed by atoms with Gasteiger partial charge in [0, 0.05) is 5.41 Å². The monoisotopic (exact) mass is 474 g/mol. The standard InChI is InChI=1S/C32H42O3/c1-26(33)14-10-7-5-4-6-8-13-25-32(27-15-11-9-12-16-27,28-17-21-30(34-2)22-18-28)29-19-23-31(35-3)24-20-29/h9,11-12,15-24,26,33H,4-8,10,13-14,25H2,1-3H3. The third-order valence-electron chi connectivity index (χ3n) is 7.11. The Morgan fingerprint density at radius 1 is 0.600 bits per heavy atom. The van der Waals surface area contributed by atoms with Crippen molar-refractivity contribution >= 4 is 0 Å². The highest BCUT2D eigenvalue weighted by Gasteiger charge is 2.35. The molecule has 0 aliphatic heterocycles. The van der Waals surface area contributed by atoms with Gasteiger partial charge in [0.05, 0.1) is 20.3 Å². The molecule has 0 aromatic heterocycles. The van der Waals surface area contributed by atoms with Crippen LogP contribution in [0.2, 0.25) is 0 Å². The van der Waals surface area contributed by atoms with E-state index in [-0.39, 0.29) is 11.5 Å². The molecule has 0 radical (unpaired) electrons. The Bertz CT molecular complexity index is 914. The number of aliphatic hydroxyl groups excluding tert-OH is 1. The zero-order valence-corrected chi connectivity index (χ0v) is 21.7. The summed E-state index contributed by atoms with van der Waals surface area (Å²) < 4.78 is 10.9. The Morgan fingerprint density at radius 2 is 1.03 bits per heavy atom. The molecule has 3 nitrogen and oxygen atoms in total. The molecule has 3 heteroatoms. The van der Waals surface area contributed by atoms with E-state index >= 15 is 0 Å². The molecule has 0 saturated carbocycles. The van der Waals surface area contributed by atoms with Crippen molar-refractivity contribution in [1.82, 2.24) is 0 Å². The fourth-order valence-corrected chi connectivity index (χ4v) is 5.12. The van der Waals surface area contributed by atoms with Crippen molar-refractivity contribution in [3.63, 3.8) is 0 Å². The summed E-state index contributed by atoms with van der Waals surface area (Å²) >= 11 is 0. The van der Waals surface area contributed by atoms with Gasteiger partial charge >= 0.3 is 0 Å². The maximum Gasteiger partial charge on any atom is 0.118 e. The van der Waals surface area contributed by atoms with Gasteiger partial charge in [-0.2, -0.15) is 0 Å². The van der Waals surface area contributed by atoms with Crippen LogP contribution in [-0.4, -0.2) is 25.4 Å². The average Bonchev–Trinajstić information content (AvgIpc) is 2.90. The number of aliphatic hydroxyl groups is 1. The number of rotatable bonds is 15. The summed E-state index contributed by atoms with van der Waals surface area (Å²) in [6, 6.07) is 28.1. The molecule has 0 saturated heterocycles. The predicted octanol–water partition coefficient (Wildman–Crippen LogP) is 7.93. The van der Waals surface area contributed by atoms with E-state index in [9.17, 15) is 5.11 Å². The van der Waals surface area contributed by atoms with Crippen LogP contribution in [0.1, 0.15) is 81.4 Å². The van der Waals surface area contributed by atoms with Crippen molar-refractivity contribution in [2.45, 2.75) is 76.2 Å². The maximum absolute atomic E-state index is 9.43. The first-order valence-corrected chi connectivity index (χ1v) is 13.1. The topological polar surface area (TPSA) is 38.7 Å². The Balaban J connectivity index is 1.82. The van der Waals surface area contributed by atoms with Gasteiger partial charge < -0.3 is 14.6 Å². The second-order valence-electron chi connectivity index (χ2n) is 9.59. The lowest BCUT2D eigenvalue weighted by molar-refractivity contribution is 0.180. The Labute approximate surface area is 212 Å². The third kappa shape index (κ3) is 7.35. The van der Waals surface area contributed by atoms with Crippen LogP contribution in [0.25, 0.3) is 0 Å². The summed E-state index contributed by atoms with van der Waals surface area (Å²) in [6.45, 7) is 1.88. The van der Waals surface area contributed by atoms with Crippen LogP contribution in [0.3, 0.4) is 0 Å². The van der Waals surface area contributed by atoms with E-state index in [1.165, 1.54) is 48.8 Å². The van der Waals surface area contributed by atoms with Crippen molar-refractivity contribution in [2.75, 3.05) is 14.2 Å². The summed E-state index contributed by atoms with van der Waals surface area (Å²) in [5.74, 6) is 1.75. The van der Waals surface area contributed by atoms with E-state index in [0.717, 1.165) is 37.2 Å². The summed E-state index contributed by atoms with van der Waals surface area (Å²) in [4.78, 5) is 0. The highest BCUT2D eigenvalue weighted by atomic mass is 16.5. The number of hydrogen-bond acceptors (Lipinski definition) is 3. The van der Waals surface area contributed by atoms with Gasteiger partial charge in [0.15, 0.2) is 0 Å². The minimum absolute atomic E-state index is 0.169. The molecule has 188 valence electrons. The highest BCUT2D eigenvalue weighted by Crippen LogP contribution is 2.44. The van der Waals surface area contributed by atoms with Crippen LogP contribution < -0.4 is 9.47 Å². The van der Waals surface area contributed by atoms with Gasteiger partial charge in [0.25, 0.3) is 0 Å². The molecule has 1 N–H and O–H groups in total. The van der Waals surface area contributed by atoms with E-state index in [4.69, 9.17) is 9.47 Å². The molecular formula is C32H42O3. The van der Waals surface area contributed by atoms with Gasteiger partial charge in [-0.1, -0.05) is 99.5 Å². The van der Waals surface area contributed by atoms with E-state index in [0.29, 0.717) is 0 Å². The van der Waals surface area contributed by atoms with Gasteiger partial charge in [-0.25, -0.2) is 0 Å². The van der Waals surface area contributed by atoms with E-state index < -0.39 is 0 Å². The number of ether oxygens (including phenoxy) is 2. The highest BCUT2D eigenvalue weighted by molar-refractivity contribution is 5.52. The molecule has 1 unspecified atom stereocenters. The largest absolute Gasteiger partial charge is 0.497 e. The molecule has 3 aromatic carbocycles. The molecule has 0 spiro atoms. The summed E-state index contributed by atoms with van der Waals surface area (Å²) in [5, 5.41) is 9.43. The Kier molecular flexibility index (Phi) is 10.7. The van der Waals surface area contributed by atoms with Crippen LogP contribution in [0.15, 0.2) is 78.9 Å². The van der Waals surface area contributed by atoms with E-state index in [1.807, 2.05) is 6.92 Å². The molecule has 35 heavy (non-hydrogen) atoms. The first-order chi connectivity index (χ1) is 17.1. The van der Waals surface area contributed by atoms with Crippen molar-refractivity contribution in [3.8, 4) is 11.5 Å². The van der Waals surface area contributed by atoms with Crippen molar-refractivity contribution in [1.29, 1.82) is 0 Å². The predicted molar refractivity (Wildman–Crippen MR) is 146 cm³/mol. The van der Waals surface area contributed by atoms with E-state index in [1.54, 1.807) is 14.2 Å². The Morgan fingerprint density at radius 3 is 1.49 bits per heavy atom. The van der Waals surface area contributed by atoms with Gasteiger partial charge in [0.2, 0.25) is 0 Å². The fraction of sp³-hybridized carbons (Fsp3) is 0.438. The average molecular weight is 475 g/mol. The Hall–Kier alpha value is -2.78. The first-order valence-electron chi connectivity index (χ1n) is 13.1. The lowest BCUT2D eigenvalue weighted by Crippen LogP contribution is -2.29. The smallest absolute Gasteiger partial charge is 0.118 e. The molecule has 0 amide bonds. The van der Waals surface area contributed by atoms with Crippen LogP contribution >= 0.6 is 0 Å². The summed E-state index contributed by atoms with van der Waals surface area (Å²) in [6.07, 6.45) is 10.3. The minimum Gasteiger partial charge on any atom is -0.497 e. The molecule has 0 aliphatic rings. The number of methoxy groups -OCH3 is 2. The maximum atomic E-state index is 9.43. The quantitative estimate of drug-likeness (QED) is 0.179. The SMILES string of the molecule is COc1ccc(C(CCCCCCCCCC(C)O)(c2ccccc2)c2ccc(OC)cc2)cc1. The fourth-order valence-electron chi connectivity index (χ4n) is 5.12. The third-order valence-corrected chi connectivity index (χ3v) is 7.11. The molecule has 0 heterocycles. The molecule has 1 atom stereocenters. The van der Waals surface area contributed by atoms with Crippen LogP contribution in [0.4, 0.5) is 0 Å². The van der Waals surface area contributed by atoms with Crippen LogP contribution in [0, 0.1) is 0 Å². The normalized spacial score (nSPS) is 12.3. The zero-order chi connectivity index (χ0) is 24.9. The molecule has 0 fully saturated rings. The molecular weight excluding hydrogens is 432 g/mol. The molecule has 0 bridgehead atoms.